The van der Waals surface area contributed by atoms with Crippen LogP contribution in [0.5, 0.6) is 11.5 Å². The van der Waals surface area contributed by atoms with Gasteiger partial charge in [0.1, 0.15) is 11.5 Å². The van der Waals surface area contributed by atoms with Gasteiger partial charge < -0.3 is 24.6 Å². The van der Waals surface area contributed by atoms with E-state index in [1.165, 1.54) is 24.3 Å². The van der Waals surface area contributed by atoms with Crippen LogP contribution in [0.25, 0.3) is 10.4 Å². The predicted octanol–water partition coefficient (Wildman–Crippen LogP) is 7.10. The van der Waals surface area contributed by atoms with E-state index in [9.17, 15) is 23.5 Å². The first-order chi connectivity index (χ1) is 22.7. The summed E-state index contributed by atoms with van der Waals surface area (Å²) >= 11 is 0. The number of aliphatic hydroxyl groups excluding tert-OH is 1. The largest absolute Gasteiger partial charge is 0.573 e. The summed E-state index contributed by atoms with van der Waals surface area (Å²) in [6, 6.07) is 28.1. The molecule has 0 aliphatic carbocycles. The molecule has 0 saturated heterocycles. The van der Waals surface area contributed by atoms with E-state index >= 15 is 0 Å². The van der Waals surface area contributed by atoms with E-state index in [2.05, 4.69) is 20.1 Å². The fourth-order valence-corrected chi connectivity index (χ4v) is 5.15. The van der Waals surface area contributed by atoms with Crippen LogP contribution in [0.3, 0.4) is 0 Å². The van der Waals surface area contributed by atoms with E-state index in [1.807, 2.05) is 30.3 Å². The number of carbonyl (C=O) groups is 1. The predicted molar refractivity (Wildman–Crippen MR) is 167 cm³/mol. The number of hydrogen-bond acceptors (Lipinski definition) is 7. The first-order valence-electron chi connectivity index (χ1n) is 14.6. The van der Waals surface area contributed by atoms with E-state index in [0.29, 0.717) is 46.7 Å². The minimum absolute atomic E-state index is 0.00827. The maximum Gasteiger partial charge on any atom is 0.573 e. The quantitative estimate of drug-likeness (QED) is 0.0691. The molecule has 47 heavy (non-hydrogen) atoms. The molecule has 1 aliphatic heterocycles. The van der Waals surface area contributed by atoms with Gasteiger partial charge in [0, 0.05) is 42.2 Å². The van der Waals surface area contributed by atoms with Crippen molar-refractivity contribution in [3.05, 3.63) is 136 Å². The normalized spacial score (nSPS) is 17.2. The van der Waals surface area contributed by atoms with Crippen LogP contribution in [-0.2, 0) is 22.5 Å². The van der Waals surface area contributed by atoms with Crippen molar-refractivity contribution in [3.8, 4) is 11.5 Å². The number of rotatable bonds is 13. The number of nitrogens with zero attached hydrogens (tertiary/aromatic N) is 4. The molecule has 1 amide bonds. The van der Waals surface area contributed by atoms with Gasteiger partial charge in [0.05, 0.1) is 6.61 Å². The number of nitrogens with one attached hydrogen (secondary N) is 1. The summed E-state index contributed by atoms with van der Waals surface area (Å²) in [7, 11) is 0. The summed E-state index contributed by atoms with van der Waals surface area (Å²) in [6.07, 6.45) is -5.28. The topological polar surface area (TPSA) is 138 Å². The van der Waals surface area contributed by atoms with Crippen LogP contribution >= 0.6 is 0 Å². The van der Waals surface area contributed by atoms with Gasteiger partial charge in [-0.15, -0.1) is 13.2 Å². The van der Waals surface area contributed by atoms with Crippen molar-refractivity contribution in [2.45, 2.75) is 37.4 Å². The van der Waals surface area contributed by atoms with Crippen LogP contribution in [0, 0.1) is 0 Å². The van der Waals surface area contributed by atoms with Crippen molar-refractivity contribution >= 4 is 17.5 Å². The van der Waals surface area contributed by atoms with Crippen molar-refractivity contribution in [1.29, 1.82) is 0 Å². The van der Waals surface area contributed by atoms with Crippen LogP contribution in [-0.4, -0.2) is 42.0 Å². The van der Waals surface area contributed by atoms with E-state index in [1.54, 1.807) is 48.5 Å². The molecule has 0 spiro atoms. The van der Waals surface area contributed by atoms with E-state index in [-0.39, 0.29) is 31.2 Å². The minimum atomic E-state index is -4.83. The third-order valence-electron chi connectivity index (χ3n) is 7.35. The number of carbonyl (C=O) groups excluding carboxylic acids is 1. The molecule has 0 fully saturated rings. The summed E-state index contributed by atoms with van der Waals surface area (Å²) in [5.74, 6) is -0.118. The lowest BCUT2D eigenvalue weighted by molar-refractivity contribution is -0.274. The Bertz CT molecular complexity index is 1740. The number of aliphatic imine (C=N–C) groups is 1. The van der Waals surface area contributed by atoms with Gasteiger partial charge in [0.2, 0.25) is 5.90 Å². The van der Waals surface area contributed by atoms with Gasteiger partial charge in [0.25, 0.3) is 5.91 Å². The minimum Gasteiger partial charge on any atom is -0.494 e. The highest BCUT2D eigenvalue weighted by atomic mass is 19.4. The lowest BCUT2D eigenvalue weighted by atomic mass is 9.81. The molecular weight excluding hydrogens is 615 g/mol. The molecule has 1 aliphatic rings. The van der Waals surface area contributed by atoms with Crippen LogP contribution in [0.1, 0.15) is 34.8 Å². The molecule has 0 saturated carbocycles. The van der Waals surface area contributed by atoms with E-state index in [4.69, 9.17) is 19.6 Å². The number of amides is 1. The van der Waals surface area contributed by atoms with Crippen molar-refractivity contribution in [3.63, 3.8) is 0 Å². The van der Waals surface area contributed by atoms with Crippen LogP contribution in [0.15, 0.2) is 113 Å². The van der Waals surface area contributed by atoms with Gasteiger partial charge in [0.15, 0.2) is 11.6 Å². The molecule has 0 unspecified atom stereocenters. The molecule has 242 valence electrons. The van der Waals surface area contributed by atoms with Gasteiger partial charge >= 0.3 is 6.36 Å². The Morgan fingerprint density at radius 3 is 2.34 bits per heavy atom. The summed E-state index contributed by atoms with van der Waals surface area (Å²) in [5.41, 5.74) is 10.3. The summed E-state index contributed by atoms with van der Waals surface area (Å²) in [6.45, 7) is 0.320. The van der Waals surface area contributed by atoms with Crippen molar-refractivity contribution in [2.75, 3.05) is 13.2 Å². The van der Waals surface area contributed by atoms with Crippen LogP contribution in [0.4, 0.5) is 18.9 Å². The van der Waals surface area contributed by atoms with Gasteiger partial charge in [-0.1, -0.05) is 71.8 Å². The van der Waals surface area contributed by atoms with Crippen molar-refractivity contribution in [1.82, 2.24) is 5.32 Å². The standard InChI is InChI=1S/C34H30F3N5O5/c35-34(36,37)47-28-15-11-23(12-16-28)22-39-32(44)33(21-26-9-4-5-10-29(26)41-42-38)30(24-7-2-1-3-8-24)46-31(40-33)25-13-17-27(18-14-25)45-20-6-19-43/h1-5,7-18,30,43H,6,19-22H2,(H,39,44)/t30-,33-/m1/s1. The highest BCUT2D eigenvalue weighted by Crippen LogP contribution is 2.43. The third kappa shape index (κ3) is 8.20. The Labute approximate surface area is 268 Å². The Morgan fingerprint density at radius 1 is 0.979 bits per heavy atom. The highest BCUT2D eigenvalue weighted by Gasteiger charge is 2.53. The number of alkyl halides is 3. The number of benzene rings is 4. The number of hydrogen-bond donors (Lipinski definition) is 2. The Hall–Kier alpha value is -5.52. The monoisotopic (exact) mass is 645 g/mol. The fourth-order valence-electron chi connectivity index (χ4n) is 5.15. The summed E-state index contributed by atoms with van der Waals surface area (Å²) in [4.78, 5) is 22.3. The molecule has 13 heteroatoms. The molecule has 2 atom stereocenters. The van der Waals surface area contributed by atoms with Gasteiger partial charge in [-0.2, -0.15) is 0 Å². The molecule has 10 nitrogen and oxygen atoms in total. The first-order valence-corrected chi connectivity index (χ1v) is 14.6. The Balaban J connectivity index is 1.53. The van der Waals surface area contributed by atoms with E-state index < -0.39 is 23.9 Å². The molecule has 4 aromatic carbocycles. The molecule has 4 aromatic rings. The summed E-state index contributed by atoms with van der Waals surface area (Å²) < 4.78 is 54.0. The molecule has 0 radical (unpaired) electrons. The number of halogens is 3. The molecular formula is C34H30F3N5O5. The molecule has 0 aromatic heterocycles. The SMILES string of the molecule is [N-]=[N+]=Nc1ccccc1C[C@@]1(C(=O)NCc2ccc(OC(F)(F)F)cc2)N=C(c2ccc(OCCCO)cc2)O[C@@H]1c1ccccc1. The van der Waals surface area contributed by atoms with Gasteiger partial charge in [-0.05, 0) is 58.6 Å². The Kier molecular flexibility index (Phi) is 10.3. The fraction of sp³-hybridized carbons (Fsp3) is 0.235. The average molecular weight is 646 g/mol. The van der Waals surface area contributed by atoms with Crippen LogP contribution in [0.2, 0.25) is 0 Å². The molecule has 1 heterocycles. The maximum atomic E-state index is 14.4. The lowest BCUT2D eigenvalue weighted by Crippen LogP contribution is -2.49. The molecule has 2 N–H and O–H groups in total. The lowest BCUT2D eigenvalue weighted by Gasteiger charge is -2.31. The molecule has 0 bridgehead atoms. The Morgan fingerprint density at radius 2 is 1.66 bits per heavy atom. The second kappa shape index (κ2) is 14.7. The summed E-state index contributed by atoms with van der Waals surface area (Å²) in [5, 5.41) is 15.8. The van der Waals surface area contributed by atoms with Crippen LogP contribution < -0.4 is 14.8 Å². The second-order valence-corrected chi connectivity index (χ2v) is 10.6. The van der Waals surface area contributed by atoms with Gasteiger partial charge in [-0.3, -0.25) is 4.79 Å². The van der Waals surface area contributed by atoms with E-state index in [0.717, 1.165) is 0 Å². The average Bonchev–Trinajstić information content (AvgIpc) is 3.46. The number of aliphatic hydroxyl groups is 1. The maximum absolute atomic E-state index is 14.4. The number of ether oxygens (including phenoxy) is 3. The third-order valence-corrected chi connectivity index (χ3v) is 7.35. The second-order valence-electron chi connectivity index (χ2n) is 10.6. The zero-order valence-corrected chi connectivity index (χ0v) is 24.9. The first kappa shape index (κ1) is 32.9. The zero-order valence-electron chi connectivity index (χ0n) is 24.9. The smallest absolute Gasteiger partial charge is 0.494 e. The molecule has 5 rings (SSSR count). The van der Waals surface area contributed by atoms with Gasteiger partial charge in [-0.25, -0.2) is 4.99 Å². The highest BCUT2D eigenvalue weighted by molar-refractivity contribution is 6.01. The van der Waals surface area contributed by atoms with Crippen molar-refractivity contribution in [2.24, 2.45) is 10.1 Å². The number of azide groups is 1. The van der Waals surface area contributed by atoms with Crippen molar-refractivity contribution < 1.29 is 37.3 Å². The zero-order chi connectivity index (χ0) is 33.3.